The van der Waals surface area contributed by atoms with Gasteiger partial charge in [0.15, 0.2) is 0 Å². The molecule has 3 rings (SSSR count). The van der Waals surface area contributed by atoms with Gasteiger partial charge in [-0.3, -0.25) is 4.79 Å². The summed E-state index contributed by atoms with van der Waals surface area (Å²) in [5.74, 6) is 1.46. The molecule has 0 saturated carbocycles. The maximum Gasteiger partial charge on any atom is 0.255 e. The van der Waals surface area contributed by atoms with Crippen LogP contribution in [-0.4, -0.2) is 25.6 Å². The van der Waals surface area contributed by atoms with Gasteiger partial charge in [0.25, 0.3) is 5.91 Å². The third kappa shape index (κ3) is 4.32. The van der Waals surface area contributed by atoms with Gasteiger partial charge in [0.1, 0.15) is 5.75 Å². The van der Waals surface area contributed by atoms with Gasteiger partial charge in [0.2, 0.25) is 0 Å². The number of para-hydroxylation sites is 2. The molecule has 1 N–H and O–H groups in total. The molecule has 4 nitrogen and oxygen atoms in total. The third-order valence-corrected chi connectivity index (χ3v) is 4.70. The van der Waals surface area contributed by atoms with Crippen LogP contribution in [0.2, 0.25) is 0 Å². The molecule has 0 spiro atoms. The van der Waals surface area contributed by atoms with Crippen LogP contribution in [0.3, 0.4) is 0 Å². The molecule has 0 radical (unpaired) electrons. The maximum absolute atomic E-state index is 12.6. The molecule has 1 amide bonds. The van der Waals surface area contributed by atoms with Crippen molar-refractivity contribution in [1.82, 2.24) is 0 Å². The van der Waals surface area contributed by atoms with E-state index in [1.807, 2.05) is 37.3 Å². The zero-order valence-corrected chi connectivity index (χ0v) is 15.0. The Morgan fingerprint density at radius 1 is 1.12 bits per heavy atom. The van der Waals surface area contributed by atoms with E-state index in [-0.39, 0.29) is 5.91 Å². The fraction of sp³-hybridized carbons (Fsp3) is 0.381. The summed E-state index contributed by atoms with van der Waals surface area (Å²) < 4.78 is 5.43. The number of anilines is 2. The second-order valence-electron chi connectivity index (χ2n) is 6.60. The van der Waals surface area contributed by atoms with Crippen molar-refractivity contribution < 1.29 is 9.53 Å². The van der Waals surface area contributed by atoms with Crippen LogP contribution in [0.15, 0.2) is 48.5 Å². The van der Waals surface area contributed by atoms with Crippen LogP contribution in [0.25, 0.3) is 0 Å². The minimum absolute atomic E-state index is 0.0964. The van der Waals surface area contributed by atoms with E-state index in [9.17, 15) is 4.79 Å². The molecule has 0 bridgehead atoms. The fourth-order valence-electron chi connectivity index (χ4n) is 3.17. The number of nitrogens with one attached hydrogen (secondary N) is 1. The van der Waals surface area contributed by atoms with Crippen molar-refractivity contribution >= 4 is 17.3 Å². The summed E-state index contributed by atoms with van der Waals surface area (Å²) in [5.41, 5.74) is 2.61. The number of ether oxygens (including phenoxy) is 1. The van der Waals surface area contributed by atoms with Gasteiger partial charge in [-0.1, -0.05) is 19.1 Å². The van der Waals surface area contributed by atoms with E-state index in [4.69, 9.17) is 4.74 Å². The molecule has 0 aromatic heterocycles. The first-order valence-corrected chi connectivity index (χ1v) is 9.05. The van der Waals surface area contributed by atoms with E-state index in [0.717, 1.165) is 36.1 Å². The summed E-state index contributed by atoms with van der Waals surface area (Å²) in [6.45, 7) is 6.94. The quantitative estimate of drug-likeness (QED) is 0.868. The molecule has 0 atom stereocenters. The second kappa shape index (κ2) is 8.06. The average Bonchev–Trinajstić information content (AvgIpc) is 2.64. The molecule has 1 heterocycles. The number of carbonyl (C=O) groups excluding carboxylic acids is 1. The normalized spacial score (nSPS) is 15.0. The van der Waals surface area contributed by atoms with Crippen LogP contribution < -0.4 is 15.0 Å². The van der Waals surface area contributed by atoms with Gasteiger partial charge in [0.05, 0.1) is 18.0 Å². The van der Waals surface area contributed by atoms with E-state index < -0.39 is 0 Å². The monoisotopic (exact) mass is 338 g/mol. The Morgan fingerprint density at radius 3 is 2.48 bits per heavy atom. The highest BCUT2D eigenvalue weighted by molar-refractivity contribution is 6.06. The highest BCUT2D eigenvalue weighted by Gasteiger charge is 2.19. The summed E-state index contributed by atoms with van der Waals surface area (Å²) in [5, 5.41) is 3.07. The first-order chi connectivity index (χ1) is 12.2. The van der Waals surface area contributed by atoms with Crippen molar-refractivity contribution in [2.24, 2.45) is 5.92 Å². The Balaban J connectivity index is 1.73. The number of nitrogens with zero attached hydrogens (tertiary/aromatic N) is 1. The first-order valence-electron chi connectivity index (χ1n) is 9.05. The zero-order chi connectivity index (χ0) is 17.6. The Kier molecular flexibility index (Phi) is 5.59. The van der Waals surface area contributed by atoms with Crippen molar-refractivity contribution in [1.29, 1.82) is 0 Å². The summed E-state index contributed by atoms with van der Waals surface area (Å²) in [4.78, 5) is 15.0. The molecule has 0 unspecified atom stereocenters. The van der Waals surface area contributed by atoms with Crippen LogP contribution >= 0.6 is 0 Å². The van der Waals surface area contributed by atoms with Crippen molar-refractivity contribution in [3.05, 3.63) is 54.1 Å². The van der Waals surface area contributed by atoms with Gasteiger partial charge in [-0.2, -0.15) is 0 Å². The summed E-state index contributed by atoms with van der Waals surface area (Å²) in [6.07, 6.45) is 2.39. The Bertz CT molecular complexity index is 704. The fourth-order valence-corrected chi connectivity index (χ4v) is 3.17. The van der Waals surface area contributed by atoms with Crippen LogP contribution in [0.4, 0.5) is 11.4 Å². The van der Waals surface area contributed by atoms with Crippen LogP contribution in [0, 0.1) is 5.92 Å². The lowest BCUT2D eigenvalue weighted by Gasteiger charge is -2.33. The Labute approximate surface area is 149 Å². The number of benzene rings is 2. The first kappa shape index (κ1) is 17.3. The topological polar surface area (TPSA) is 41.6 Å². The molecule has 2 aromatic rings. The predicted octanol–water partition coefficient (Wildman–Crippen LogP) is 4.57. The highest BCUT2D eigenvalue weighted by Crippen LogP contribution is 2.30. The maximum atomic E-state index is 12.6. The molecule has 1 fully saturated rings. The number of piperidine rings is 1. The van der Waals surface area contributed by atoms with Crippen molar-refractivity contribution in [2.75, 3.05) is 29.9 Å². The molecule has 132 valence electrons. The lowest BCUT2D eigenvalue weighted by Crippen LogP contribution is -2.33. The average molecular weight is 338 g/mol. The van der Waals surface area contributed by atoms with Crippen LogP contribution in [0.1, 0.15) is 37.0 Å². The lowest BCUT2D eigenvalue weighted by molar-refractivity contribution is 0.102. The molecule has 4 heteroatoms. The predicted molar refractivity (Wildman–Crippen MR) is 103 cm³/mol. The summed E-state index contributed by atoms with van der Waals surface area (Å²) in [6, 6.07) is 15.3. The van der Waals surface area contributed by atoms with E-state index >= 15 is 0 Å². The number of hydrogen-bond acceptors (Lipinski definition) is 3. The number of rotatable bonds is 5. The SMILES string of the molecule is CCOc1ccc(C(=O)Nc2ccccc2N2CCC(C)CC2)cc1. The third-order valence-electron chi connectivity index (χ3n) is 4.70. The van der Waals surface area contributed by atoms with Crippen molar-refractivity contribution in [2.45, 2.75) is 26.7 Å². The van der Waals surface area contributed by atoms with Crippen LogP contribution in [0.5, 0.6) is 5.75 Å². The lowest BCUT2D eigenvalue weighted by atomic mass is 9.98. The van der Waals surface area contributed by atoms with Crippen molar-refractivity contribution in [3.63, 3.8) is 0 Å². The van der Waals surface area contributed by atoms with Gasteiger partial charge in [-0.05, 0) is 62.1 Å². The largest absolute Gasteiger partial charge is 0.494 e. The van der Waals surface area contributed by atoms with Crippen molar-refractivity contribution in [3.8, 4) is 5.75 Å². The number of amides is 1. The minimum atomic E-state index is -0.0964. The smallest absolute Gasteiger partial charge is 0.255 e. The molecule has 0 aliphatic carbocycles. The van der Waals surface area contributed by atoms with Gasteiger partial charge in [-0.15, -0.1) is 0 Å². The molecular weight excluding hydrogens is 312 g/mol. The molecule has 2 aromatic carbocycles. The Morgan fingerprint density at radius 2 is 1.80 bits per heavy atom. The van der Waals surface area contributed by atoms with Gasteiger partial charge in [-0.25, -0.2) is 0 Å². The number of carbonyl (C=O) groups is 1. The van der Waals surface area contributed by atoms with Gasteiger partial charge >= 0.3 is 0 Å². The standard InChI is InChI=1S/C21H26N2O2/c1-3-25-18-10-8-17(9-11-18)21(24)22-19-6-4-5-7-20(19)23-14-12-16(2)13-15-23/h4-11,16H,3,12-15H2,1-2H3,(H,22,24). The molecular formula is C21H26N2O2. The van der Waals surface area contributed by atoms with E-state index in [1.165, 1.54) is 12.8 Å². The van der Waals surface area contributed by atoms with E-state index in [1.54, 1.807) is 12.1 Å². The molecule has 25 heavy (non-hydrogen) atoms. The molecule has 1 saturated heterocycles. The van der Waals surface area contributed by atoms with Crippen LogP contribution in [-0.2, 0) is 0 Å². The highest BCUT2D eigenvalue weighted by atomic mass is 16.5. The number of hydrogen-bond donors (Lipinski definition) is 1. The minimum Gasteiger partial charge on any atom is -0.494 e. The Hall–Kier alpha value is -2.49. The second-order valence-corrected chi connectivity index (χ2v) is 6.60. The van der Waals surface area contributed by atoms with Gasteiger partial charge < -0.3 is 15.0 Å². The summed E-state index contributed by atoms with van der Waals surface area (Å²) in [7, 11) is 0. The zero-order valence-electron chi connectivity index (χ0n) is 15.0. The van der Waals surface area contributed by atoms with E-state index in [2.05, 4.69) is 23.2 Å². The molecule has 1 aliphatic rings. The van der Waals surface area contributed by atoms with Gasteiger partial charge in [0, 0.05) is 18.7 Å². The van der Waals surface area contributed by atoms with E-state index in [0.29, 0.717) is 12.2 Å². The summed E-state index contributed by atoms with van der Waals surface area (Å²) >= 11 is 0. The molecule has 1 aliphatic heterocycles.